The molecule has 0 N–H and O–H groups in total. The second-order valence-electron chi connectivity index (χ2n) is 4.64. The number of hydrogen-bond donors (Lipinski definition) is 0. The summed E-state index contributed by atoms with van der Waals surface area (Å²) in [5.74, 6) is 0.586. The first-order valence-electron chi connectivity index (χ1n) is 4.88. The van der Waals surface area contributed by atoms with Gasteiger partial charge in [-0.25, -0.2) is 4.39 Å². The van der Waals surface area contributed by atoms with E-state index in [-0.39, 0.29) is 5.82 Å². The molecule has 0 aromatic heterocycles. The average molecular weight is 194 g/mol. The van der Waals surface area contributed by atoms with Crippen molar-refractivity contribution in [2.24, 2.45) is 5.41 Å². The fourth-order valence-corrected chi connectivity index (χ4v) is 1.94. The van der Waals surface area contributed by atoms with Gasteiger partial charge in [0.2, 0.25) is 0 Å². The van der Waals surface area contributed by atoms with E-state index >= 15 is 0 Å². The minimum Gasteiger partial charge on any atom is -0.494 e. The third kappa shape index (κ3) is 1.49. The molecule has 1 nitrogen and oxygen atoms in total. The number of rotatable bonds is 2. The maximum absolute atomic E-state index is 13.4. The monoisotopic (exact) mass is 194 g/mol. The first-order valence-corrected chi connectivity index (χ1v) is 4.88. The standard InChI is InChI=1S/C12H15FO/c1-12(2)7-9(12)8-4-5-11(14-3)10(13)6-8/h4-6,9H,7H2,1-3H3. The summed E-state index contributed by atoms with van der Waals surface area (Å²) in [7, 11) is 1.49. The molecule has 2 rings (SSSR count). The van der Waals surface area contributed by atoms with Crippen LogP contribution >= 0.6 is 0 Å². The first kappa shape index (κ1) is 9.50. The summed E-state index contributed by atoms with van der Waals surface area (Å²) in [4.78, 5) is 0. The third-order valence-corrected chi connectivity index (χ3v) is 3.09. The van der Waals surface area contributed by atoms with E-state index in [1.165, 1.54) is 7.11 Å². The van der Waals surface area contributed by atoms with Gasteiger partial charge in [-0.3, -0.25) is 0 Å². The van der Waals surface area contributed by atoms with Crippen LogP contribution < -0.4 is 4.74 Å². The van der Waals surface area contributed by atoms with Crippen LogP contribution in [0.2, 0.25) is 0 Å². The molecule has 1 aliphatic carbocycles. The van der Waals surface area contributed by atoms with Crippen LogP contribution in [0.4, 0.5) is 4.39 Å². The minimum absolute atomic E-state index is 0.257. The Kier molecular flexibility index (Phi) is 2.02. The van der Waals surface area contributed by atoms with Crippen LogP contribution in [-0.2, 0) is 0 Å². The molecular formula is C12H15FO. The van der Waals surface area contributed by atoms with E-state index < -0.39 is 0 Å². The van der Waals surface area contributed by atoms with Gasteiger partial charge in [0.1, 0.15) is 0 Å². The van der Waals surface area contributed by atoms with Gasteiger partial charge < -0.3 is 4.74 Å². The molecule has 1 aromatic carbocycles. The molecule has 0 saturated heterocycles. The van der Waals surface area contributed by atoms with Crippen LogP contribution in [0.1, 0.15) is 31.7 Å². The molecule has 1 aliphatic rings. The molecule has 2 heteroatoms. The zero-order valence-corrected chi connectivity index (χ0v) is 8.80. The van der Waals surface area contributed by atoms with Crippen molar-refractivity contribution in [3.8, 4) is 5.75 Å². The van der Waals surface area contributed by atoms with Crippen LogP contribution in [0, 0.1) is 11.2 Å². The van der Waals surface area contributed by atoms with Gasteiger partial charge in [-0.1, -0.05) is 19.9 Å². The lowest BCUT2D eigenvalue weighted by Gasteiger charge is -2.06. The van der Waals surface area contributed by atoms with Gasteiger partial charge in [-0.2, -0.15) is 0 Å². The van der Waals surface area contributed by atoms with Crippen LogP contribution in [0.5, 0.6) is 5.75 Å². The molecule has 0 bridgehead atoms. The molecule has 0 heterocycles. The lowest BCUT2D eigenvalue weighted by atomic mass is 10.0. The second kappa shape index (κ2) is 2.97. The van der Waals surface area contributed by atoms with Crippen molar-refractivity contribution in [2.45, 2.75) is 26.2 Å². The van der Waals surface area contributed by atoms with Crippen LogP contribution in [0.3, 0.4) is 0 Å². The predicted molar refractivity (Wildman–Crippen MR) is 54.1 cm³/mol. The predicted octanol–water partition coefficient (Wildman–Crippen LogP) is 3.35. The first-order chi connectivity index (χ1) is 6.54. The molecule has 1 atom stereocenters. The summed E-state index contributed by atoms with van der Waals surface area (Å²) in [5.41, 5.74) is 1.44. The van der Waals surface area contributed by atoms with Gasteiger partial charge in [0, 0.05) is 0 Å². The smallest absolute Gasteiger partial charge is 0.165 e. The summed E-state index contributed by atoms with van der Waals surface area (Å²) in [6.07, 6.45) is 1.15. The number of halogens is 1. The minimum atomic E-state index is -0.257. The normalized spacial score (nSPS) is 23.3. The number of hydrogen-bond acceptors (Lipinski definition) is 1. The van der Waals surface area contributed by atoms with Crippen LogP contribution in [0.25, 0.3) is 0 Å². The summed E-state index contributed by atoms with van der Waals surface area (Å²) in [6.45, 7) is 4.42. The Labute approximate surface area is 83.9 Å². The Morgan fingerprint density at radius 2 is 2.07 bits per heavy atom. The number of benzene rings is 1. The molecule has 1 unspecified atom stereocenters. The lowest BCUT2D eigenvalue weighted by Crippen LogP contribution is -1.93. The van der Waals surface area contributed by atoms with E-state index in [0.29, 0.717) is 17.1 Å². The van der Waals surface area contributed by atoms with Gasteiger partial charge in [-0.15, -0.1) is 0 Å². The largest absolute Gasteiger partial charge is 0.494 e. The van der Waals surface area contributed by atoms with Gasteiger partial charge in [0.05, 0.1) is 7.11 Å². The van der Waals surface area contributed by atoms with E-state index in [9.17, 15) is 4.39 Å². The number of ether oxygens (including phenoxy) is 1. The third-order valence-electron chi connectivity index (χ3n) is 3.09. The van der Waals surface area contributed by atoms with Gasteiger partial charge in [0.15, 0.2) is 11.6 Å². The molecule has 0 amide bonds. The maximum atomic E-state index is 13.4. The quantitative estimate of drug-likeness (QED) is 0.701. The van der Waals surface area contributed by atoms with Crippen LogP contribution in [-0.4, -0.2) is 7.11 Å². The molecule has 1 aromatic rings. The summed E-state index contributed by atoms with van der Waals surface area (Å²) in [6, 6.07) is 5.26. The van der Waals surface area contributed by atoms with Crippen molar-refractivity contribution in [3.05, 3.63) is 29.6 Å². The summed E-state index contributed by atoms with van der Waals surface area (Å²) in [5, 5.41) is 0. The van der Waals surface area contributed by atoms with E-state index in [1.54, 1.807) is 12.1 Å². The second-order valence-corrected chi connectivity index (χ2v) is 4.64. The average Bonchev–Trinajstić information content (AvgIpc) is 2.75. The highest BCUT2D eigenvalue weighted by Crippen LogP contribution is 2.58. The highest BCUT2D eigenvalue weighted by Gasteiger charge is 2.46. The molecular weight excluding hydrogens is 179 g/mol. The van der Waals surface area contributed by atoms with E-state index in [1.807, 2.05) is 6.07 Å². The van der Waals surface area contributed by atoms with Crippen molar-refractivity contribution < 1.29 is 9.13 Å². The highest BCUT2D eigenvalue weighted by atomic mass is 19.1. The molecule has 0 aliphatic heterocycles. The zero-order valence-electron chi connectivity index (χ0n) is 8.80. The molecule has 1 fully saturated rings. The maximum Gasteiger partial charge on any atom is 0.165 e. The fraction of sp³-hybridized carbons (Fsp3) is 0.500. The SMILES string of the molecule is COc1ccc(C2CC2(C)C)cc1F. The Morgan fingerprint density at radius 3 is 2.50 bits per heavy atom. The van der Waals surface area contributed by atoms with Gasteiger partial charge in [0.25, 0.3) is 0 Å². The van der Waals surface area contributed by atoms with Gasteiger partial charge >= 0.3 is 0 Å². The van der Waals surface area contributed by atoms with Crippen molar-refractivity contribution in [3.63, 3.8) is 0 Å². The van der Waals surface area contributed by atoms with Crippen LogP contribution in [0.15, 0.2) is 18.2 Å². The van der Waals surface area contributed by atoms with Crippen molar-refractivity contribution in [1.29, 1.82) is 0 Å². The molecule has 0 radical (unpaired) electrons. The van der Waals surface area contributed by atoms with E-state index in [2.05, 4.69) is 13.8 Å². The fourth-order valence-electron chi connectivity index (χ4n) is 1.94. The Hall–Kier alpha value is -1.05. The Morgan fingerprint density at radius 1 is 1.43 bits per heavy atom. The summed E-state index contributed by atoms with van der Waals surface area (Å²) >= 11 is 0. The Bertz CT molecular complexity index is 357. The van der Waals surface area contributed by atoms with Gasteiger partial charge in [-0.05, 0) is 35.4 Å². The highest BCUT2D eigenvalue weighted by molar-refractivity contribution is 5.35. The molecule has 76 valence electrons. The van der Waals surface area contributed by atoms with Crippen molar-refractivity contribution in [1.82, 2.24) is 0 Å². The Balaban J connectivity index is 2.26. The lowest BCUT2D eigenvalue weighted by molar-refractivity contribution is 0.386. The topological polar surface area (TPSA) is 9.23 Å². The zero-order chi connectivity index (χ0) is 10.3. The summed E-state index contributed by atoms with van der Waals surface area (Å²) < 4.78 is 18.2. The number of methoxy groups -OCH3 is 1. The van der Waals surface area contributed by atoms with E-state index in [0.717, 1.165) is 12.0 Å². The van der Waals surface area contributed by atoms with E-state index in [4.69, 9.17) is 4.74 Å². The molecule has 1 saturated carbocycles. The molecule has 0 spiro atoms. The van der Waals surface area contributed by atoms with Crippen molar-refractivity contribution >= 4 is 0 Å². The molecule has 14 heavy (non-hydrogen) atoms. The van der Waals surface area contributed by atoms with Crippen molar-refractivity contribution in [2.75, 3.05) is 7.11 Å².